The van der Waals surface area contributed by atoms with Crippen molar-refractivity contribution in [1.29, 1.82) is 0 Å². The fraction of sp³-hybridized carbons (Fsp3) is 0.182. The van der Waals surface area contributed by atoms with E-state index in [0.29, 0.717) is 0 Å². The minimum Gasteiger partial charge on any atom is -0.389 e. The number of nitrogens with two attached hydrogens (primary N) is 1. The van der Waals surface area contributed by atoms with Crippen molar-refractivity contribution in [1.82, 2.24) is 4.98 Å². The molecule has 0 aliphatic heterocycles. The maximum Gasteiger partial charge on any atom is 0.187 e. The van der Waals surface area contributed by atoms with E-state index < -0.39 is 0 Å². The Hall–Kier alpha value is -1.07. The topological polar surface area (TPSA) is 42.2 Å². The van der Waals surface area contributed by atoms with Crippen molar-refractivity contribution in [2.24, 2.45) is 0 Å². The first-order valence-electron chi connectivity index (χ1n) is 4.82. The molecule has 0 spiro atoms. The molecule has 0 aliphatic rings. The summed E-state index contributed by atoms with van der Waals surface area (Å²) in [6, 6.07) is 8.25. The summed E-state index contributed by atoms with van der Waals surface area (Å²) in [6.45, 7) is 0.826. The highest BCUT2D eigenvalue weighted by Gasteiger charge is 2.06. The van der Waals surface area contributed by atoms with E-state index in [-0.39, 0.29) is 0 Å². The van der Waals surface area contributed by atoms with Crippen molar-refractivity contribution in [3.05, 3.63) is 40.5 Å². The summed E-state index contributed by atoms with van der Waals surface area (Å²) in [4.78, 5) is 6.33. The predicted molar refractivity (Wildman–Crippen MR) is 72.8 cm³/mol. The Bertz CT molecular complexity index is 484. The molecule has 16 heavy (non-hydrogen) atoms. The normalized spacial score (nSPS) is 10.4. The molecule has 0 radical (unpaired) electrons. The lowest BCUT2D eigenvalue weighted by Crippen LogP contribution is -2.15. The number of hydrogen-bond acceptors (Lipinski definition) is 4. The SMILES string of the molecule is CN(Cc1cccc(Br)c1)c1ncc(N)s1. The van der Waals surface area contributed by atoms with Crippen LogP contribution in [-0.2, 0) is 6.54 Å². The van der Waals surface area contributed by atoms with Gasteiger partial charge in [0, 0.05) is 18.1 Å². The zero-order valence-electron chi connectivity index (χ0n) is 8.85. The van der Waals surface area contributed by atoms with E-state index in [1.807, 2.05) is 19.2 Å². The van der Waals surface area contributed by atoms with Gasteiger partial charge in [0.1, 0.15) is 5.00 Å². The first kappa shape index (κ1) is 11.4. The molecule has 0 aliphatic carbocycles. The average molecular weight is 298 g/mol. The first-order valence-corrected chi connectivity index (χ1v) is 6.43. The quantitative estimate of drug-likeness (QED) is 0.946. The van der Waals surface area contributed by atoms with E-state index in [1.54, 1.807) is 6.20 Å². The molecule has 84 valence electrons. The van der Waals surface area contributed by atoms with Gasteiger partial charge >= 0.3 is 0 Å². The van der Waals surface area contributed by atoms with Crippen molar-refractivity contribution >= 4 is 37.4 Å². The zero-order valence-corrected chi connectivity index (χ0v) is 11.3. The van der Waals surface area contributed by atoms with Crippen molar-refractivity contribution in [3.8, 4) is 0 Å². The van der Waals surface area contributed by atoms with Gasteiger partial charge in [0.05, 0.1) is 6.20 Å². The highest BCUT2D eigenvalue weighted by molar-refractivity contribution is 9.10. The number of rotatable bonds is 3. The fourth-order valence-electron chi connectivity index (χ4n) is 1.43. The summed E-state index contributed by atoms with van der Waals surface area (Å²) in [7, 11) is 2.01. The van der Waals surface area contributed by atoms with Gasteiger partial charge in [0.15, 0.2) is 5.13 Å². The molecule has 0 bridgehead atoms. The molecule has 5 heteroatoms. The van der Waals surface area contributed by atoms with E-state index in [2.05, 4.69) is 37.9 Å². The van der Waals surface area contributed by atoms with E-state index >= 15 is 0 Å². The fourth-order valence-corrected chi connectivity index (χ4v) is 2.52. The maximum atomic E-state index is 5.66. The third-order valence-electron chi connectivity index (χ3n) is 2.15. The van der Waals surface area contributed by atoms with Gasteiger partial charge in [-0.3, -0.25) is 0 Å². The second-order valence-electron chi connectivity index (χ2n) is 3.53. The van der Waals surface area contributed by atoms with Crippen LogP contribution in [0.3, 0.4) is 0 Å². The maximum absolute atomic E-state index is 5.66. The molecule has 1 aromatic carbocycles. The molecule has 0 fully saturated rings. The van der Waals surface area contributed by atoms with Crippen molar-refractivity contribution in [3.63, 3.8) is 0 Å². The lowest BCUT2D eigenvalue weighted by molar-refractivity contribution is 0.914. The molecule has 2 N–H and O–H groups in total. The molecule has 0 amide bonds. The van der Waals surface area contributed by atoms with Crippen LogP contribution in [0.1, 0.15) is 5.56 Å². The second kappa shape index (κ2) is 4.84. The number of benzene rings is 1. The van der Waals surface area contributed by atoms with Crippen LogP contribution in [0, 0.1) is 0 Å². The molecule has 0 unspecified atom stereocenters. The molecular weight excluding hydrogens is 286 g/mol. The Morgan fingerprint density at radius 3 is 2.94 bits per heavy atom. The second-order valence-corrected chi connectivity index (χ2v) is 5.49. The summed E-state index contributed by atoms with van der Waals surface area (Å²) in [6.07, 6.45) is 1.69. The molecule has 0 atom stereocenters. The van der Waals surface area contributed by atoms with Gasteiger partial charge in [-0.2, -0.15) is 0 Å². The predicted octanol–water partition coefficient (Wildman–Crippen LogP) is 3.12. The Balaban J connectivity index is 2.10. The number of aromatic nitrogens is 1. The van der Waals surface area contributed by atoms with Crippen LogP contribution in [-0.4, -0.2) is 12.0 Å². The minimum atomic E-state index is 0.746. The Morgan fingerprint density at radius 1 is 1.50 bits per heavy atom. The summed E-state index contributed by atoms with van der Waals surface area (Å²) < 4.78 is 1.09. The van der Waals surface area contributed by atoms with Gasteiger partial charge in [0.2, 0.25) is 0 Å². The molecule has 1 aromatic heterocycles. The zero-order chi connectivity index (χ0) is 11.5. The van der Waals surface area contributed by atoms with Crippen LogP contribution in [0.2, 0.25) is 0 Å². The highest BCUT2D eigenvalue weighted by Crippen LogP contribution is 2.24. The van der Waals surface area contributed by atoms with Crippen LogP contribution in [0.5, 0.6) is 0 Å². The van der Waals surface area contributed by atoms with Crippen molar-refractivity contribution in [2.45, 2.75) is 6.54 Å². The highest BCUT2D eigenvalue weighted by atomic mass is 79.9. The van der Waals surface area contributed by atoms with Crippen LogP contribution < -0.4 is 10.6 Å². The lowest BCUT2D eigenvalue weighted by atomic mass is 10.2. The number of anilines is 2. The number of thiazole rings is 1. The van der Waals surface area contributed by atoms with Gasteiger partial charge in [0.25, 0.3) is 0 Å². The largest absolute Gasteiger partial charge is 0.389 e. The third kappa shape index (κ3) is 2.74. The molecule has 3 nitrogen and oxygen atoms in total. The Kier molecular flexibility index (Phi) is 3.46. The van der Waals surface area contributed by atoms with Crippen LogP contribution in [0.25, 0.3) is 0 Å². The van der Waals surface area contributed by atoms with Gasteiger partial charge in [-0.25, -0.2) is 4.98 Å². The van der Waals surface area contributed by atoms with Crippen molar-refractivity contribution < 1.29 is 0 Å². The van der Waals surface area contributed by atoms with Gasteiger partial charge in [-0.1, -0.05) is 39.4 Å². The molecule has 0 saturated heterocycles. The van der Waals surface area contributed by atoms with Gasteiger partial charge in [-0.05, 0) is 17.7 Å². The Labute approximate surface area is 107 Å². The van der Waals surface area contributed by atoms with Crippen LogP contribution >= 0.6 is 27.3 Å². The molecule has 2 aromatic rings. The van der Waals surface area contributed by atoms with E-state index in [0.717, 1.165) is 21.2 Å². The van der Waals surface area contributed by atoms with Gasteiger partial charge < -0.3 is 10.6 Å². The van der Waals surface area contributed by atoms with Gasteiger partial charge in [-0.15, -0.1) is 0 Å². The van der Waals surface area contributed by atoms with Crippen molar-refractivity contribution in [2.75, 3.05) is 17.7 Å². The molecular formula is C11H12BrN3S. The summed E-state index contributed by atoms with van der Waals surface area (Å²) in [5, 5.41) is 1.69. The summed E-state index contributed by atoms with van der Waals surface area (Å²) >= 11 is 4.96. The lowest BCUT2D eigenvalue weighted by Gasteiger charge is -2.15. The smallest absolute Gasteiger partial charge is 0.187 e. The van der Waals surface area contributed by atoms with E-state index in [1.165, 1.54) is 16.9 Å². The third-order valence-corrected chi connectivity index (χ3v) is 3.58. The Morgan fingerprint density at radius 2 is 2.31 bits per heavy atom. The molecule has 1 heterocycles. The number of hydrogen-bond donors (Lipinski definition) is 1. The first-order chi connectivity index (χ1) is 7.65. The number of halogens is 1. The standard InChI is InChI=1S/C11H12BrN3S/c1-15(11-14-6-10(13)16-11)7-8-3-2-4-9(12)5-8/h2-6H,7,13H2,1H3. The monoisotopic (exact) mass is 297 g/mol. The summed E-state index contributed by atoms with van der Waals surface area (Å²) in [5.74, 6) is 0. The average Bonchev–Trinajstić information content (AvgIpc) is 2.65. The number of nitrogen functional groups attached to an aromatic ring is 1. The molecule has 0 saturated carbocycles. The summed E-state index contributed by atoms with van der Waals surface area (Å²) in [5.41, 5.74) is 6.90. The van der Waals surface area contributed by atoms with E-state index in [4.69, 9.17) is 5.73 Å². The number of nitrogens with zero attached hydrogens (tertiary/aromatic N) is 2. The minimum absolute atomic E-state index is 0.746. The van der Waals surface area contributed by atoms with Crippen LogP contribution in [0.15, 0.2) is 34.9 Å². The van der Waals surface area contributed by atoms with E-state index in [9.17, 15) is 0 Å². The molecule has 2 rings (SSSR count). The van der Waals surface area contributed by atoms with Crippen LogP contribution in [0.4, 0.5) is 10.1 Å².